The fourth-order valence-corrected chi connectivity index (χ4v) is 1.92. The van der Waals surface area contributed by atoms with Gasteiger partial charge in [-0.25, -0.2) is 0 Å². The van der Waals surface area contributed by atoms with E-state index in [-0.39, 0.29) is 6.61 Å². The predicted molar refractivity (Wildman–Crippen MR) is 64.3 cm³/mol. The highest BCUT2D eigenvalue weighted by Gasteiger charge is 2.14. The molecule has 0 aliphatic carbocycles. The second-order valence-electron chi connectivity index (χ2n) is 3.39. The van der Waals surface area contributed by atoms with E-state index in [1.54, 1.807) is 12.1 Å². The number of hydrogen-bond donors (Lipinski definition) is 2. The molecule has 1 unspecified atom stereocenters. The van der Waals surface area contributed by atoms with Crippen LogP contribution in [0.15, 0.2) is 12.1 Å². The molecule has 1 aromatic rings. The highest BCUT2D eigenvalue weighted by molar-refractivity contribution is 6.34. The van der Waals surface area contributed by atoms with Crippen LogP contribution in [0.25, 0.3) is 0 Å². The van der Waals surface area contributed by atoms with Crippen molar-refractivity contribution in [3.8, 4) is 5.75 Å². The predicted octanol–water partition coefficient (Wildman–Crippen LogP) is 2.81. The Labute approximate surface area is 105 Å². The van der Waals surface area contributed by atoms with Gasteiger partial charge >= 0.3 is 0 Å². The van der Waals surface area contributed by atoms with E-state index in [4.69, 9.17) is 33.0 Å². The van der Waals surface area contributed by atoms with Gasteiger partial charge in [-0.2, -0.15) is 0 Å². The first-order valence-electron chi connectivity index (χ1n) is 4.92. The van der Waals surface area contributed by atoms with E-state index in [0.29, 0.717) is 34.2 Å². The van der Waals surface area contributed by atoms with Gasteiger partial charge in [0.15, 0.2) is 0 Å². The van der Waals surface area contributed by atoms with Crippen LogP contribution in [0.5, 0.6) is 5.75 Å². The molecule has 0 aromatic heterocycles. The Morgan fingerprint density at radius 1 is 1.31 bits per heavy atom. The number of aliphatic hydroxyl groups is 2. The Bertz CT molecular complexity index is 355. The quantitative estimate of drug-likeness (QED) is 0.860. The number of hydrogen-bond acceptors (Lipinski definition) is 3. The van der Waals surface area contributed by atoms with E-state index in [2.05, 4.69) is 0 Å². The second-order valence-corrected chi connectivity index (χ2v) is 4.20. The standard InChI is InChI=1S/C11H14Cl2O3/c1-16-11-6-8(12)7(5-9(11)13)10(15)3-2-4-14/h5-6,10,14-15H,2-4H2,1H3. The maximum absolute atomic E-state index is 9.83. The Balaban J connectivity index is 2.92. The van der Waals surface area contributed by atoms with Gasteiger partial charge in [-0.3, -0.25) is 0 Å². The Morgan fingerprint density at radius 3 is 2.56 bits per heavy atom. The molecule has 0 aliphatic rings. The fraction of sp³-hybridized carbons (Fsp3) is 0.455. The van der Waals surface area contributed by atoms with Gasteiger partial charge in [0.25, 0.3) is 0 Å². The SMILES string of the molecule is COc1cc(Cl)c(C(O)CCCO)cc1Cl. The molecule has 0 saturated carbocycles. The van der Waals surface area contributed by atoms with Gasteiger partial charge in [-0.15, -0.1) is 0 Å². The molecule has 0 bridgehead atoms. The minimum absolute atomic E-state index is 0.0402. The average Bonchev–Trinajstić information content (AvgIpc) is 2.28. The molecular weight excluding hydrogens is 251 g/mol. The van der Waals surface area contributed by atoms with Crippen LogP contribution in [0.1, 0.15) is 24.5 Å². The molecule has 1 rings (SSSR count). The molecule has 0 aliphatic heterocycles. The summed E-state index contributed by atoms with van der Waals surface area (Å²) >= 11 is 11.9. The van der Waals surface area contributed by atoms with Crippen molar-refractivity contribution in [1.82, 2.24) is 0 Å². The molecule has 0 fully saturated rings. The zero-order valence-corrected chi connectivity index (χ0v) is 10.4. The number of ether oxygens (including phenoxy) is 1. The molecule has 0 amide bonds. The van der Waals surface area contributed by atoms with Gasteiger partial charge in [-0.1, -0.05) is 23.2 Å². The Morgan fingerprint density at radius 2 is 2.00 bits per heavy atom. The molecule has 0 spiro atoms. The zero-order chi connectivity index (χ0) is 12.1. The Hall–Kier alpha value is -0.480. The van der Waals surface area contributed by atoms with E-state index in [0.717, 1.165) is 0 Å². The minimum Gasteiger partial charge on any atom is -0.495 e. The third-order valence-electron chi connectivity index (χ3n) is 2.27. The summed E-state index contributed by atoms with van der Waals surface area (Å²) in [7, 11) is 1.50. The monoisotopic (exact) mass is 264 g/mol. The van der Waals surface area contributed by atoms with Gasteiger partial charge in [0.2, 0.25) is 0 Å². The first kappa shape index (κ1) is 13.6. The summed E-state index contributed by atoms with van der Waals surface area (Å²) in [5.41, 5.74) is 0.556. The lowest BCUT2D eigenvalue weighted by atomic mass is 10.0. The highest BCUT2D eigenvalue weighted by Crippen LogP contribution is 2.35. The smallest absolute Gasteiger partial charge is 0.138 e. The number of rotatable bonds is 5. The topological polar surface area (TPSA) is 49.7 Å². The van der Waals surface area contributed by atoms with Crippen molar-refractivity contribution >= 4 is 23.2 Å². The largest absolute Gasteiger partial charge is 0.495 e. The lowest BCUT2D eigenvalue weighted by Crippen LogP contribution is -2.00. The summed E-state index contributed by atoms with van der Waals surface area (Å²) < 4.78 is 5.00. The van der Waals surface area contributed by atoms with Crippen molar-refractivity contribution in [2.45, 2.75) is 18.9 Å². The molecular formula is C11H14Cl2O3. The summed E-state index contributed by atoms with van der Waals surface area (Å²) in [6.45, 7) is 0.0402. The minimum atomic E-state index is -0.719. The van der Waals surface area contributed by atoms with Gasteiger partial charge in [0, 0.05) is 18.2 Å². The van der Waals surface area contributed by atoms with Gasteiger partial charge in [0.05, 0.1) is 23.3 Å². The first-order chi connectivity index (χ1) is 7.60. The van der Waals surface area contributed by atoms with E-state index < -0.39 is 6.10 Å². The van der Waals surface area contributed by atoms with Crippen molar-refractivity contribution in [3.05, 3.63) is 27.7 Å². The van der Waals surface area contributed by atoms with Crippen molar-refractivity contribution in [1.29, 1.82) is 0 Å². The van der Waals surface area contributed by atoms with Crippen LogP contribution in [0, 0.1) is 0 Å². The summed E-state index contributed by atoms with van der Waals surface area (Å²) in [6, 6.07) is 3.16. The van der Waals surface area contributed by atoms with E-state index in [1.165, 1.54) is 7.11 Å². The third-order valence-corrected chi connectivity index (χ3v) is 2.89. The lowest BCUT2D eigenvalue weighted by Gasteiger charge is -2.14. The van der Waals surface area contributed by atoms with Gasteiger partial charge < -0.3 is 14.9 Å². The third kappa shape index (κ3) is 3.25. The average molecular weight is 265 g/mol. The van der Waals surface area contributed by atoms with Crippen LogP contribution in [-0.4, -0.2) is 23.9 Å². The van der Waals surface area contributed by atoms with E-state index in [1.807, 2.05) is 0 Å². The summed E-state index contributed by atoms with van der Waals surface area (Å²) in [6.07, 6.45) is 0.239. The summed E-state index contributed by atoms with van der Waals surface area (Å²) in [5.74, 6) is 0.477. The number of methoxy groups -OCH3 is 1. The van der Waals surface area contributed by atoms with Gasteiger partial charge in [-0.05, 0) is 18.9 Å². The fourth-order valence-electron chi connectivity index (χ4n) is 1.40. The van der Waals surface area contributed by atoms with Crippen LogP contribution in [0.3, 0.4) is 0 Å². The Kier molecular flexibility index (Phi) is 5.35. The molecule has 5 heteroatoms. The van der Waals surface area contributed by atoms with Crippen molar-refractivity contribution in [3.63, 3.8) is 0 Å². The number of halogens is 2. The maximum atomic E-state index is 9.83. The van der Waals surface area contributed by atoms with Crippen LogP contribution < -0.4 is 4.74 Å². The lowest BCUT2D eigenvalue weighted by molar-refractivity contribution is 0.152. The van der Waals surface area contributed by atoms with E-state index in [9.17, 15) is 5.11 Å². The molecule has 0 saturated heterocycles. The zero-order valence-electron chi connectivity index (χ0n) is 8.91. The van der Waals surface area contributed by atoms with Crippen LogP contribution in [0.2, 0.25) is 10.0 Å². The molecule has 1 aromatic carbocycles. The second kappa shape index (κ2) is 6.30. The van der Waals surface area contributed by atoms with Crippen LogP contribution in [-0.2, 0) is 0 Å². The summed E-state index contributed by atoms with van der Waals surface area (Å²) in [5, 5.41) is 19.3. The van der Waals surface area contributed by atoms with Crippen molar-refractivity contribution in [2.75, 3.05) is 13.7 Å². The highest BCUT2D eigenvalue weighted by atomic mass is 35.5. The maximum Gasteiger partial charge on any atom is 0.138 e. The molecule has 0 radical (unpaired) electrons. The number of aliphatic hydroxyl groups excluding tert-OH is 2. The molecule has 0 heterocycles. The first-order valence-corrected chi connectivity index (χ1v) is 5.67. The van der Waals surface area contributed by atoms with Crippen LogP contribution >= 0.6 is 23.2 Å². The molecule has 1 atom stereocenters. The normalized spacial score (nSPS) is 12.6. The molecule has 90 valence electrons. The van der Waals surface area contributed by atoms with Gasteiger partial charge in [0.1, 0.15) is 5.75 Å². The van der Waals surface area contributed by atoms with Crippen molar-refractivity contribution < 1.29 is 14.9 Å². The number of benzene rings is 1. The van der Waals surface area contributed by atoms with E-state index >= 15 is 0 Å². The summed E-state index contributed by atoms with van der Waals surface area (Å²) in [4.78, 5) is 0. The molecule has 3 nitrogen and oxygen atoms in total. The van der Waals surface area contributed by atoms with Crippen molar-refractivity contribution in [2.24, 2.45) is 0 Å². The van der Waals surface area contributed by atoms with Crippen LogP contribution in [0.4, 0.5) is 0 Å². The molecule has 2 N–H and O–H groups in total. The molecule has 16 heavy (non-hydrogen) atoms.